The van der Waals surface area contributed by atoms with Crippen LogP contribution in [0.4, 0.5) is 0 Å². The predicted octanol–water partition coefficient (Wildman–Crippen LogP) is -1.29. The Balaban J connectivity index is -0.000000111. The van der Waals surface area contributed by atoms with Crippen LogP contribution in [0.2, 0.25) is 0 Å². The van der Waals surface area contributed by atoms with E-state index in [4.69, 9.17) is 0 Å². The van der Waals surface area contributed by atoms with Crippen molar-refractivity contribution in [2.45, 2.75) is 80.1 Å². The number of carboxylic acid groups (broad SMARTS) is 1. The van der Waals surface area contributed by atoms with Crippen LogP contribution in [0, 0.1) is 5.92 Å². The molecule has 0 aromatic carbocycles. The van der Waals surface area contributed by atoms with E-state index in [-0.39, 0.29) is 40.3 Å². The number of ketones is 1. The summed E-state index contributed by atoms with van der Waals surface area (Å²) in [7, 11) is 0. The number of carbonyl (C=O) groups is 3. The quantitative estimate of drug-likeness (QED) is 0.215. The van der Waals surface area contributed by atoms with Gasteiger partial charge in [0.2, 0.25) is 0 Å². The van der Waals surface area contributed by atoms with Crippen molar-refractivity contribution in [3.05, 3.63) is 12.2 Å². The topological polar surface area (TPSA) is 153 Å². The minimum absolute atomic E-state index is 0. The van der Waals surface area contributed by atoms with Gasteiger partial charge in [0.1, 0.15) is 5.78 Å². The summed E-state index contributed by atoms with van der Waals surface area (Å²) in [6, 6.07) is 0. The first-order valence-electron chi connectivity index (χ1n) is 8.57. The molecule has 0 saturated heterocycles. The Hall–Kier alpha value is -1.06. The second kappa shape index (κ2) is 24.0. The van der Waals surface area contributed by atoms with E-state index in [2.05, 4.69) is 11.3 Å². The van der Waals surface area contributed by atoms with Crippen molar-refractivity contribution < 1.29 is 61.3 Å². The Morgan fingerprint density at radius 3 is 1.32 bits per heavy atom. The minimum Gasteiger partial charge on any atom is -0.852 e. The zero-order chi connectivity index (χ0) is 22.7. The third kappa shape index (κ3) is 49.8. The van der Waals surface area contributed by atoms with E-state index in [1.54, 1.807) is 41.5 Å². The summed E-state index contributed by atoms with van der Waals surface area (Å²) in [5.74, 6) is -3.78. The van der Waals surface area contributed by atoms with Crippen molar-refractivity contribution in [3.63, 3.8) is 0 Å². The third-order valence-corrected chi connectivity index (χ3v) is 1.76. The van der Waals surface area contributed by atoms with Gasteiger partial charge in [-0.3, -0.25) is 4.79 Å². The molecule has 0 aromatic rings. The number of hydrogen-bond acceptors (Lipinski definition) is 8. The summed E-state index contributed by atoms with van der Waals surface area (Å²) in [6.45, 7) is 15.5. The van der Waals surface area contributed by atoms with Gasteiger partial charge in [0.15, 0.2) is 0 Å². The maximum absolute atomic E-state index is 10.9. The second-order valence-electron chi connectivity index (χ2n) is 6.33. The first kappa shape index (κ1) is 37.7. The molecular formula is C19H34O8Ti. The maximum atomic E-state index is 10.9. The predicted molar refractivity (Wildman–Crippen MR) is 95.0 cm³/mol. The standard InChI is InChI=1S/C10H14O5.3C3H7O.Ti/c1-6(2)10(14)15-5-4-8(7(3)11)9(12)13;3*1-3(2)4;/h8H,1,4-5H2,2-3H3,(H,12,13);3*3H,1-2H3;/q;3*-1;+4/p-1. The summed E-state index contributed by atoms with van der Waals surface area (Å²) in [5.41, 5.74) is 0.225. The van der Waals surface area contributed by atoms with Crippen molar-refractivity contribution in [2.24, 2.45) is 5.92 Å². The fourth-order valence-electron chi connectivity index (χ4n) is 0.880. The number of carboxylic acids is 1. The molecule has 0 heterocycles. The zero-order valence-corrected chi connectivity index (χ0v) is 19.8. The molecule has 8 nitrogen and oxygen atoms in total. The van der Waals surface area contributed by atoms with Gasteiger partial charge in [-0.1, -0.05) is 48.1 Å². The first-order chi connectivity index (χ1) is 12.1. The number of rotatable bonds is 6. The number of Topliss-reactive ketones (excluding diaryl/α,β-unsaturated/α-hetero) is 1. The van der Waals surface area contributed by atoms with E-state index in [1.807, 2.05) is 0 Å². The molecule has 0 fully saturated rings. The van der Waals surface area contributed by atoms with Crippen LogP contribution in [0.3, 0.4) is 0 Å². The average molecular weight is 438 g/mol. The minimum atomic E-state index is -1.45. The van der Waals surface area contributed by atoms with Gasteiger partial charge in [0.25, 0.3) is 0 Å². The normalized spacial score (nSPS) is 10.1. The number of ether oxygens (including phenoxy) is 1. The van der Waals surface area contributed by atoms with Crippen LogP contribution in [-0.2, 0) is 40.8 Å². The molecule has 1 unspecified atom stereocenters. The molecule has 9 heteroatoms. The van der Waals surface area contributed by atoms with Crippen molar-refractivity contribution in [2.75, 3.05) is 6.61 Å². The number of aliphatic carboxylic acids is 1. The van der Waals surface area contributed by atoms with E-state index >= 15 is 0 Å². The molecule has 0 aliphatic rings. The van der Waals surface area contributed by atoms with Gasteiger partial charge in [0, 0.05) is 5.57 Å². The van der Waals surface area contributed by atoms with Gasteiger partial charge in [-0.05, 0) is 20.3 Å². The average Bonchev–Trinajstić information content (AvgIpc) is 2.40. The molecule has 0 amide bonds. The molecule has 0 aliphatic carbocycles. The Labute approximate surface area is 183 Å². The third-order valence-electron chi connectivity index (χ3n) is 1.76. The van der Waals surface area contributed by atoms with E-state index in [0.717, 1.165) is 6.92 Å². The fraction of sp³-hybridized carbons (Fsp3) is 0.737. The fourth-order valence-corrected chi connectivity index (χ4v) is 0.880. The van der Waals surface area contributed by atoms with Crippen LogP contribution >= 0.6 is 0 Å². The number of carbonyl (C=O) groups excluding carboxylic acids is 3. The molecule has 162 valence electrons. The number of esters is 1. The molecule has 28 heavy (non-hydrogen) atoms. The van der Waals surface area contributed by atoms with E-state index in [1.165, 1.54) is 6.92 Å². The van der Waals surface area contributed by atoms with Gasteiger partial charge in [-0.2, -0.15) is 0 Å². The molecule has 1 atom stereocenters. The smallest absolute Gasteiger partial charge is 0.852 e. The first-order valence-corrected chi connectivity index (χ1v) is 8.57. The van der Waals surface area contributed by atoms with Crippen LogP contribution in [0.25, 0.3) is 0 Å². The van der Waals surface area contributed by atoms with E-state index in [0.29, 0.717) is 0 Å². The van der Waals surface area contributed by atoms with Crippen LogP contribution in [0.1, 0.15) is 61.8 Å². The van der Waals surface area contributed by atoms with Crippen molar-refractivity contribution in [1.29, 1.82) is 0 Å². The second-order valence-corrected chi connectivity index (χ2v) is 6.33. The molecule has 0 radical (unpaired) electrons. The van der Waals surface area contributed by atoms with Gasteiger partial charge in [-0.25, -0.2) is 4.79 Å². The van der Waals surface area contributed by atoms with Crippen LogP contribution in [-0.4, -0.2) is 42.6 Å². The van der Waals surface area contributed by atoms with Crippen molar-refractivity contribution in [1.82, 2.24) is 0 Å². The summed E-state index contributed by atoms with van der Waals surface area (Å²) < 4.78 is 4.65. The van der Waals surface area contributed by atoms with Crippen molar-refractivity contribution >= 4 is 17.7 Å². The van der Waals surface area contributed by atoms with Crippen LogP contribution in [0.15, 0.2) is 12.2 Å². The number of hydrogen-bond donors (Lipinski definition) is 0. The molecule has 0 aromatic heterocycles. The Bertz CT molecular complexity index is 384. The largest absolute Gasteiger partial charge is 4.00 e. The molecule has 0 bridgehead atoms. The van der Waals surface area contributed by atoms with Gasteiger partial charge in [-0.15, -0.1) is 18.3 Å². The SMILES string of the molecule is C=C(C)C(=O)OCCC(C(C)=O)C(=O)[O-].CC(C)[O-].CC(C)[O-].CC(C)[O-].[Ti+4]. The van der Waals surface area contributed by atoms with E-state index < -0.39 is 42.0 Å². The monoisotopic (exact) mass is 438 g/mol. The summed E-state index contributed by atoms with van der Waals surface area (Å²) in [4.78, 5) is 32.2. The van der Waals surface area contributed by atoms with Gasteiger partial charge >= 0.3 is 27.7 Å². The van der Waals surface area contributed by atoms with Gasteiger partial charge in [0.05, 0.1) is 18.5 Å². The van der Waals surface area contributed by atoms with Gasteiger partial charge < -0.3 is 30.0 Å². The van der Waals surface area contributed by atoms with Crippen LogP contribution in [0.5, 0.6) is 0 Å². The maximum Gasteiger partial charge on any atom is 4.00 e. The molecule has 0 N–H and O–H groups in total. The van der Waals surface area contributed by atoms with Crippen LogP contribution < -0.4 is 20.4 Å². The Morgan fingerprint density at radius 1 is 0.857 bits per heavy atom. The summed E-state index contributed by atoms with van der Waals surface area (Å²) in [6.07, 6.45) is -1.32. The zero-order valence-electron chi connectivity index (χ0n) is 18.2. The molecule has 0 aliphatic heterocycles. The summed E-state index contributed by atoms with van der Waals surface area (Å²) >= 11 is 0. The van der Waals surface area contributed by atoms with Crippen molar-refractivity contribution in [3.8, 4) is 0 Å². The molecule has 0 saturated carbocycles. The summed E-state index contributed by atoms with van der Waals surface area (Å²) in [5, 5.41) is 39.0. The van der Waals surface area contributed by atoms with E-state index in [9.17, 15) is 34.8 Å². The molecule has 0 spiro atoms. The Kier molecular flexibility index (Phi) is 32.3. The molecular weight excluding hydrogens is 404 g/mol. The molecule has 0 rings (SSSR count). The Morgan fingerprint density at radius 2 is 1.14 bits per heavy atom.